The predicted molar refractivity (Wildman–Crippen MR) is 79.7 cm³/mol. The lowest BCUT2D eigenvalue weighted by molar-refractivity contribution is -0.121. The van der Waals surface area contributed by atoms with Gasteiger partial charge in [-0.15, -0.1) is 11.3 Å². The highest BCUT2D eigenvalue weighted by molar-refractivity contribution is 7.10. The lowest BCUT2D eigenvalue weighted by Gasteiger charge is -2.19. The summed E-state index contributed by atoms with van der Waals surface area (Å²) < 4.78 is 5.08. The minimum absolute atomic E-state index is 0.0102. The van der Waals surface area contributed by atoms with E-state index in [0.29, 0.717) is 0 Å². The van der Waals surface area contributed by atoms with Crippen LogP contribution in [0.4, 0.5) is 4.79 Å². The molecule has 112 valence electrons. The quantitative estimate of drug-likeness (QED) is 0.878. The van der Waals surface area contributed by atoms with Gasteiger partial charge in [-0.1, -0.05) is 6.07 Å². The highest BCUT2D eigenvalue weighted by Gasteiger charge is 2.16. The van der Waals surface area contributed by atoms with Gasteiger partial charge in [0.25, 0.3) is 0 Å². The van der Waals surface area contributed by atoms with Crippen LogP contribution in [0.2, 0.25) is 0 Å². The maximum Gasteiger partial charge on any atom is 0.407 e. The molecule has 1 aromatic rings. The first-order valence-electron chi connectivity index (χ1n) is 6.57. The van der Waals surface area contributed by atoms with Crippen LogP contribution in [0.1, 0.15) is 45.0 Å². The molecule has 20 heavy (non-hydrogen) atoms. The molecule has 1 atom stereocenters. The van der Waals surface area contributed by atoms with Gasteiger partial charge in [0, 0.05) is 17.8 Å². The van der Waals surface area contributed by atoms with Crippen LogP contribution in [0.15, 0.2) is 17.5 Å². The number of alkyl carbamates (subject to hydrolysis) is 1. The molecule has 2 amide bonds. The van der Waals surface area contributed by atoms with Crippen LogP contribution < -0.4 is 10.6 Å². The van der Waals surface area contributed by atoms with E-state index in [1.165, 1.54) is 0 Å². The summed E-state index contributed by atoms with van der Waals surface area (Å²) in [5.74, 6) is -0.0954. The maximum absolute atomic E-state index is 11.7. The second kappa shape index (κ2) is 7.28. The van der Waals surface area contributed by atoms with Gasteiger partial charge in [-0.3, -0.25) is 4.79 Å². The third kappa shape index (κ3) is 6.56. The molecule has 0 saturated carbocycles. The number of hydrogen-bond acceptors (Lipinski definition) is 4. The number of thiophene rings is 1. The van der Waals surface area contributed by atoms with Gasteiger partial charge in [-0.05, 0) is 39.1 Å². The summed E-state index contributed by atoms with van der Waals surface area (Å²) in [7, 11) is 0. The number of hydrogen-bond donors (Lipinski definition) is 2. The standard InChI is InChI=1S/C14H22N2O3S/c1-10(11-6-5-9-20-11)16-12(17)7-8-15-13(18)19-14(2,3)4/h5-6,9-10H,7-8H2,1-4H3,(H,15,18)(H,16,17). The molecular formula is C14H22N2O3S. The molecule has 0 fully saturated rings. The fourth-order valence-corrected chi connectivity index (χ4v) is 2.25. The molecule has 1 unspecified atom stereocenters. The molecule has 2 N–H and O–H groups in total. The summed E-state index contributed by atoms with van der Waals surface area (Å²) in [6.07, 6.45) is -0.272. The zero-order chi connectivity index (χ0) is 15.2. The van der Waals surface area contributed by atoms with Crippen molar-refractivity contribution in [3.05, 3.63) is 22.4 Å². The Hall–Kier alpha value is -1.56. The Balaban J connectivity index is 2.22. The van der Waals surface area contributed by atoms with E-state index in [1.54, 1.807) is 32.1 Å². The van der Waals surface area contributed by atoms with Gasteiger partial charge in [-0.2, -0.15) is 0 Å². The van der Waals surface area contributed by atoms with Crippen LogP contribution in [0.3, 0.4) is 0 Å². The van der Waals surface area contributed by atoms with Crippen LogP contribution >= 0.6 is 11.3 Å². The first-order valence-corrected chi connectivity index (χ1v) is 7.45. The van der Waals surface area contributed by atoms with E-state index in [2.05, 4.69) is 10.6 Å². The SMILES string of the molecule is CC(NC(=O)CCNC(=O)OC(C)(C)C)c1cccs1. The summed E-state index contributed by atoms with van der Waals surface area (Å²) in [5, 5.41) is 7.42. The Morgan fingerprint density at radius 3 is 2.65 bits per heavy atom. The van der Waals surface area contributed by atoms with Crippen LogP contribution in [-0.2, 0) is 9.53 Å². The van der Waals surface area contributed by atoms with Crippen molar-refractivity contribution >= 4 is 23.3 Å². The topological polar surface area (TPSA) is 67.4 Å². The fraction of sp³-hybridized carbons (Fsp3) is 0.571. The Morgan fingerprint density at radius 1 is 1.40 bits per heavy atom. The summed E-state index contributed by atoms with van der Waals surface area (Å²) in [4.78, 5) is 24.2. The van der Waals surface area contributed by atoms with Crippen molar-refractivity contribution in [1.82, 2.24) is 10.6 Å². The zero-order valence-electron chi connectivity index (χ0n) is 12.4. The van der Waals surface area contributed by atoms with E-state index in [4.69, 9.17) is 4.74 Å². The van der Waals surface area contributed by atoms with Crippen LogP contribution in [0.25, 0.3) is 0 Å². The lowest BCUT2D eigenvalue weighted by Crippen LogP contribution is -2.35. The molecule has 5 nitrogen and oxygen atoms in total. The first kappa shape index (κ1) is 16.5. The number of nitrogens with one attached hydrogen (secondary N) is 2. The highest BCUT2D eigenvalue weighted by Crippen LogP contribution is 2.17. The highest BCUT2D eigenvalue weighted by atomic mass is 32.1. The molecule has 0 spiro atoms. The molecule has 0 saturated heterocycles. The molecule has 0 aromatic carbocycles. The third-order valence-electron chi connectivity index (χ3n) is 2.37. The molecule has 1 heterocycles. The van der Waals surface area contributed by atoms with Gasteiger partial charge in [0.05, 0.1) is 6.04 Å². The first-order chi connectivity index (χ1) is 9.28. The second-order valence-corrected chi connectivity index (χ2v) is 6.46. The Kier molecular flexibility index (Phi) is 6.01. The third-order valence-corrected chi connectivity index (χ3v) is 3.42. The van der Waals surface area contributed by atoms with Crippen molar-refractivity contribution in [2.24, 2.45) is 0 Å². The van der Waals surface area contributed by atoms with Crippen LogP contribution in [-0.4, -0.2) is 24.1 Å². The molecule has 1 aromatic heterocycles. The molecule has 1 rings (SSSR count). The fourth-order valence-electron chi connectivity index (χ4n) is 1.51. The molecule has 0 bridgehead atoms. The van der Waals surface area contributed by atoms with Crippen molar-refractivity contribution in [2.45, 2.75) is 45.8 Å². The number of carbonyl (C=O) groups is 2. The smallest absolute Gasteiger partial charge is 0.407 e. The van der Waals surface area contributed by atoms with E-state index in [-0.39, 0.29) is 24.9 Å². The zero-order valence-corrected chi connectivity index (χ0v) is 13.2. The number of amides is 2. The van der Waals surface area contributed by atoms with Gasteiger partial charge >= 0.3 is 6.09 Å². The summed E-state index contributed by atoms with van der Waals surface area (Å²) >= 11 is 1.60. The average Bonchev–Trinajstić information content (AvgIpc) is 2.79. The van der Waals surface area contributed by atoms with E-state index < -0.39 is 11.7 Å². The van der Waals surface area contributed by atoms with Gasteiger partial charge in [0.2, 0.25) is 5.91 Å². The predicted octanol–water partition coefficient (Wildman–Crippen LogP) is 2.84. The molecule has 0 aliphatic carbocycles. The summed E-state index contributed by atoms with van der Waals surface area (Å²) in [5.41, 5.74) is -0.528. The number of ether oxygens (including phenoxy) is 1. The summed E-state index contributed by atoms with van der Waals surface area (Å²) in [6, 6.07) is 3.92. The van der Waals surface area contributed by atoms with Crippen LogP contribution in [0.5, 0.6) is 0 Å². The van der Waals surface area contributed by atoms with E-state index >= 15 is 0 Å². The Morgan fingerprint density at radius 2 is 2.10 bits per heavy atom. The minimum atomic E-state index is -0.528. The maximum atomic E-state index is 11.7. The van der Waals surface area contributed by atoms with E-state index in [9.17, 15) is 9.59 Å². The molecule has 0 aliphatic rings. The average molecular weight is 298 g/mol. The normalized spacial score (nSPS) is 12.6. The van der Waals surface area contributed by atoms with E-state index in [0.717, 1.165) is 4.88 Å². The Bertz CT molecular complexity index is 438. The monoisotopic (exact) mass is 298 g/mol. The Labute approximate surface area is 123 Å². The van der Waals surface area contributed by atoms with Crippen molar-refractivity contribution < 1.29 is 14.3 Å². The minimum Gasteiger partial charge on any atom is -0.444 e. The number of carbonyl (C=O) groups excluding carboxylic acids is 2. The number of rotatable bonds is 5. The molecule has 0 radical (unpaired) electrons. The van der Waals surface area contributed by atoms with Crippen molar-refractivity contribution in [3.63, 3.8) is 0 Å². The van der Waals surface area contributed by atoms with Gasteiger partial charge in [0.15, 0.2) is 0 Å². The van der Waals surface area contributed by atoms with Crippen molar-refractivity contribution in [3.8, 4) is 0 Å². The van der Waals surface area contributed by atoms with E-state index in [1.807, 2.05) is 24.4 Å². The van der Waals surface area contributed by atoms with Gasteiger partial charge in [-0.25, -0.2) is 4.79 Å². The second-order valence-electron chi connectivity index (χ2n) is 5.48. The largest absolute Gasteiger partial charge is 0.444 e. The van der Waals surface area contributed by atoms with Crippen LogP contribution in [0, 0.1) is 0 Å². The van der Waals surface area contributed by atoms with Gasteiger partial charge < -0.3 is 15.4 Å². The molecule has 6 heteroatoms. The van der Waals surface area contributed by atoms with Gasteiger partial charge in [0.1, 0.15) is 5.60 Å². The van der Waals surface area contributed by atoms with Crippen molar-refractivity contribution in [1.29, 1.82) is 0 Å². The lowest BCUT2D eigenvalue weighted by atomic mass is 10.2. The molecule has 0 aliphatic heterocycles. The summed E-state index contributed by atoms with van der Waals surface area (Å²) in [6.45, 7) is 7.58. The molecular weight excluding hydrogens is 276 g/mol. The van der Waals surface area contributed by atoms with Crippen molar-refractivity contribution in [2.75, 3.05) is 6.54 Å².